The molecule has 0 fully saturated rings. The largest absolute Gasteiger partial charge is 0.481 e. The molecule has 0 radical (unpaired) electrons. The molecule has 0 aromatic carbocycles. The molecule has 0 amide bonds. The second kappa shape index (κ2) is 4.21. The second-order valence-electron chi connectivity index (χ2n) is 2.67. The van der Waals surface area contributed by atoms with Crippen molar-refractivity contribution in [3.8, 4) is 0 Å². The van der Waals surface area contributed by atoms with Gasteiger partial charge in [-0.2, -0.15) is 0 Å². The molecular weight excluding hydrogens is 256 g/mol. The lowest BCUT2D eigenvalue weighted by molar-refractivity contribution is -0.139. The average Bonchev–Trinajstić information content (AvgIpc) is 2.31. The fraction of sp³-hybridized carbons (Fsp3) is 0.375. The van der Waals surface area contributed by atoms with Crippen LogP contribution in [-0.2, 0) is 4.79 Å². The summed E-state index contributed by atoms with van der Waals surface area (Å²) in [6.45, 7) is 1.91. The van der Waals surface area contributed by atoms with Crippen LogP contribution < -0.4 is 0 Å². The maximum atomic E-state index is 10.3. The number of carbonyl (C=O) groups is 1. The van der Waals surface area contributed by atoms with Crippen LogP contribution in [0.1, 0.15) is 22.3 Å². The maximum absolute atomic E-state index is 10.3. The highest BCUT2D eigenvalue weighted by Crippen LogP contribution is 2.31. The second-order valence-corrected chi connectivity index (χ2v) is 4.81. The van der Waals surface area contributed by atoms with Gasteiger partial charge in [0.15, 0.2) is 0 Å². The summed E-state index contributed by atoms with van der Waals surface area (Å²) in [4.78, 5) is 12.0. The fourth-order valence-corrected chi connectivity index (χ4v) is 2.46. The highest BCUT2D eigenvalue weighted by Gasteiger charge is 2.15. The van der Waals surface area contributed by atoms with Crippen molar-refractivity contribution in [1.82, 2.24) is 0 Å². The molecule has 0 aliphatic rings. The van der Waals surface area contributed by atoms with Crippen LogP contribution >= 0.6 is 27.3 Å². The SMILES string of the molecule is Cc1sc([C@H](O)CC(=O)O)cc1Br. The maximum Gasteiger partial charge on any atom is 0.306 e. The van der Waals surface area contributed by atoms with Crippen LogP contribution in [0.15, 0.2) is 10.5 Å². The van der Waals surface area contributed by atoms with Gasteiger partial charge >= 0.3 is 5.97 Å². The van der Waals surface area contributed by atoms with Gasteiger partial charge in [0.25, 0.3) is 0 Å². The summed E-state index contributed by atoms with van der Waals surface area (Å²) in [5.74, 6) is -0.991. The first-order valence-corrected chi connectivity index (χ1v) is 5.27. The number of aryl methyl sites for hydroxylation is 1. The molecule has 0 saturated heterocycles. The quantitative estimate of drug-likeness (QED) is 0.881. The summed E-state index contributed by atoms with van der Waals surface area (Å²) >= 11 is 4.71. The van der Waals surface area contributed by atoms with Crippen molar-refractivity contribution >= 4 is 33.2 Å². The molecule has 72 valence electrons. The molecule has 3 nitrogen and oxygen atoms in total. The number of hydrogen-bond acceptors (Lipinski definition) is 3. The fourth-order valence-electron chi connectivity index (χ4n) is 0.912. The third-order valence-corrected chi connectivity index (χ3v) is 3.81. The van der Waals surface area contributed by atoms with Crippen molar-refractivity contribution in [1.29, 1.82) is 0 Å². The number of carboxylic acid groups (broad SMARTS) is 1. The van der Waals surface area contributed by atoms with Crippen LogP contribution in [0, 0.1) is 6.92 Å². The lowest BCUT2D eigenvalue weighted by Gasteiger charge is -2.03. The number of thiophene rings is 1. The molecule has 0 unspecified atom stereocenters. The van der Waals surface area contributed by atoms with Crippen LogP contribution in [0.5, 0.6) is 0 Å². The van der Waals surface area contributed by atoms with Gasteiger partial charge in [0.2, 0.25) is 0 Å². The molecular formula is C8H9BrO3S. The average molecular weight is 265 g/mol. The van der Waals surface area contributed by atoms with Crippen molar-refractivity contribution in [2.45, 2.75) is 19.4 Å². The Hall–Kier alpha value is -0.390. The Kier molecular flexibility index (Phi) is 3.47. The molecule has 5 heteroatoms. The molecule has 1 aromatic rings. The van der Waals surface area contributed by atoms with Crippen LogP contribution in [-0.4, -0.2) is 16.2 Å². The first-order valence-electron chi connectivity index (χ1n) is 3.66. The van der Waals surface area contributed by atoms with Gasteiger partial charge in [-0.25, -0.2) is 0 Å². The number of aliphatic hydroxyl groups excluding tert-OH is 1. The summed E-state index contributed by atoms with van der Waals surface area (Å²) < 4.78 is 0.914. The van der Waals surface area contributed by atoms with Gasteiger partial charge in [0.1, 0.15) is 0 Å². The molecule has 1 heterocycles. The predicted molar refractivity (Wildman–Crippen MR) is 54.0 cm³/mol. The number of hydrogen-bond donors (Lipinski definition) is 2. The van der Waals surface area contributed by atoms with Gasteiger partial charge in [-0.05, 0) is 28.9 Å². The zero-order chi connectivity index (χ0) is 10.0. The molecule has 1 rings (SSSR count). The molecule has 1 atom stereocenters. The highest BCUT2D eigenvalue weighted by molar-refractivity contribution is 9.10. The van der Waals surface area contributed by atoms with E-state index in [1.54, 1.807) is 6.07 Å². The van der Waals surface area contributed by atoms with Crippen molar-refractivity contribution in [2.24, 2.45) is 0 Å². The number of aliphatic hydroxyl groups is 1. The summed E-state index contributed by atoms with van der Waals surface area (Å²) in [6, 6.07) is 1.76. The topological polar surface area (TPSA) is 57.5 Å². The van der Waals surface area contributed by atoms with E-state index < -0.39 is 12.1 Å². The zero-order valence-electron chi connectivity index (χ0n) is 6.95. The first kappa shape index (κ1) is 10.7. The summed E-state index contributed by atoms with van der Waals surface area (Å²) in [6.07, 6.45) is -1.14. The van der Waals surface area contributed by atoms with Crippen LogP contribution in [0.25, 0.3) is 0 Å². The van der Waals surface area contributed by atoms with E-state index >= 15 is 0 Å². The minimum Gasteiger partial charge on any atom is -0.481 e. The Balaban J connectivity index is 2.77. The van der Waals surface area contributed by atoms with E-state index in [0.717, 1.165) is 9.35 Å². The molecule has 0 spiro atoms. The van der Waals surface area contributed by atoms with E-state index in [2.05, 4.69) is 15.9 Å². The minimum absolute atomic E-state index is 0.244. The van der Waals surface area contributed by atoms with E-state index in [1.807, 2.05) is 6.92 Å². The summed E-state index contributed by atoms with van der Waals surface area (Å²) in [7, 11) is 0. The summed E-state index contributed by atoms with van der Waals surface area (Å²) in [5, 5.41) is 17.9. The predicted octanol–water partition coefficient (Wildman–Crippen LogP) is 2.33. The smallest absolute Gasteiger partial charge is 0.306 e. The lowest BCUT2D eigenvalue weighted by atomic mass is 10.2. The molecule has 2 N–H and O–H groups in total. The van der Waals surface area contributed by atoms with Crippen LogP contribution in [0.2, 0.25) is 0 Å². The van der Waals surface area contributed by atoms with Crippen molar-refractivity contribution < 1.29 is 15.0 Å². The van der Waals surface area contributed by atoms with Crippen LogP contribution in [0.4, 0.5) is 0 Å². The lowest BCUT2D eigenvalue weighted by Crippen LogP contribution is -2.03. The van der Waals surface area contributed by atoms with Gasteiger partial charge in [-0.15, -0.1) is 11.3 Å². The molecule has 0 bridgehead atoms. The third kappa shape index (κ3) is 2.79. The monoisotopic (exact) mass is 264 g/mol. The van der Waals surface area contributed by atoms with Gasteiger partial charge in [0.05, 0.1) is 12.5 Å². The zero-order valence-corrected chi connectivity index (χ0v) is 9.35. The van der Waals surface area contributed by atoms with E-state index in [-0.39, 0.29) is 6.42 Å². The van der Waals surface area contributed by atoms with Gasteiger partial charge in [0, 0.05) is 14.2 Å². The van der Waals surface area contributed by atoms with Crippen molar-refractivity contribution in [3.63, 3.8) is 0 Å². The normalized spacial score (nSPS) is 12.8. The molecule has 1 aromatic heterocycles. The number of aliphatic carboxylic acids is 1. The first-order chi connectivity index (χ1) is 6.00. The van der Waals surface area contributed by atoms with Gasteiger partial charge in [-0.3, -0.25) is 4.79 Å². The van der Waals surface area contributed by atoms with Gasteiger partial charge < -0.3 is 10.2 Å². The molecule has 0 saturated carbocycles. The minimum atomic E-state index is -0.991. The number of halogens is 1. The Morgan fingerprint density at radius 3 is 2.77 bits per heavy atom. The van der Waals surface area contributed by atoms with E-state index in [9.17, 15) is 9.90 Å². The van der Waals surface area contributed by atoms with Crippen molar-refractivity contribution in [3.05, 3.63) is 20.3 Å². The van der Waals surface area contributed by atoms with Crippen LogP contribution in [0.3, 0.4) is 0 Å². The Morgan fingerprint density at radius 2 is 2.38 bits per heavy atom. The van der Waals surface area contributed by atoms with E-state index in [4.69, 9.17) is 5.11 Å². The van der Waals surface area contributed by atoms with Gasteiger partial charge in [-0.1, -0.05) is 0 Å². The Labute approximate surface area is 88.1 Å². The molecule has 0 aliphatic heterocycles. The highest BCUT2D eigenvalue weighted by atomic mass is 79.9. The number of carboxylic acids is 1. The molecule has 0 aliphatic carbocycles. The van der Waals surface area contributed by atoms with E-state index in [1.165, 1.54) is 11.3 Å². The standard InChI is InChI=1S/C8H9BrO3S/c1-4-5(9)2-7(13-4)6(10)3-8(11)12/h2,6,10H,3H2,1H3,(H,11,12)/t6-/m1/s1. The molecule has 13 heavy (non-hydrogen) atoms. The summed E-state index contributed by atoms with van der Waals surface area (Å²) in [5.41, 5.74) is 0. The third-order valence-electron chi connectivity index (χ3n) is 1.57. The Morgan fingerprint density at radius 1 is 1.77 bits per heavy atom. The number of rotatable bonds is 3. The Bertz CT molecular complexity index is 302. The van der Waals surface area contributed by atoms with E-state index in [0.29, 0.717) is 4.88 Å². The van der Waals surface area contributed by atoms with Crippen molar-refractivity contribution in [2.75, 3.05) is 0 Å².